The SMILES string of the molecule is COc1ccc(F)c(CN2CCC[C@@](O)(CN3CCC(CCO)CC3)C2=O)c1. The molecular formula is C21H31FN2O4. The van der Waals surface area contributed by atoms with Crippen LogP contribution < -0.4 is 4.74 Å². The zero-order valence-electron chi connectivity index (χ0n) is 16.6. The smallest absolute Gasteiger partial charge is 0.256 e. The van der Waals surface area contributed by atoms with Crippen molar-refractivity contribution < 1.29 is 24.1 Å². The van der Waals surface area contributed by atoms with Gasteiger partial charge < -0.3 is 19.8 Å². The van der Waals surface area contributed by atoms with Crippen molar-refractivity contribution in [2.75, 3.05) is 39.9 Å². The summed E-state index contributed by atoms with van der Waals surface area (Å²) < 4.78 is 19.3. The van der Waals surface area contributed by atoms with Gasteiger partial charge in [0.05, 0.1) is 7.11 Å². The summed E-state index contributed by atoms with van der Waals surface area (Å²) in [6.07, 6.45) is 3.89. The number of nitrogens with zero attached hydrogens (tertiary/aromatic N) is 2. The third-order valence-corrected chi connectivity index (χ3v) is 6.05. The Hall–Kier alpha value is -1.70. The second-order valence-electron chi connectivity index (χ2n) is 8.05. The fraction of sp³-hybridized carbons (Fsp3) is 0.667. The molecule has 28 heavy (non-hydrogen) atoms. The number of hydrogen-bond donors (Lipinski definition) is 2. The second kappa shape index (κ2) is 9.20. The third-order valence-electron chi connectivity index (χ3n) is 6.05. The van der Waals surface area contributed by atoms with E-state index in [0.717, 1.165) is 32.4 Å². The number of amides is 1. The molecule has 1 aromatic carbocycles. The lowest BCUT2D eigenvalue weighted by atomic mass is 9.88. The van der Waals surface area contributed by atoms with Crippen LogP contribution in [0.2, 0.25) is 0 Å². The summed E-state index contributed by atoms with van der Waals surface area (Å²) in [7, 11) is 1.52. The maximum absolute atomic E-state index is 14.2. The summed E-state index contributed by atoms with van der Waals surface area (Å²) in [6.45, 7) is 2.81. The molecule has 156 valence electrons. The molecule has 1 amide bonds. The van der Waals surface area contributed by atoms with E-state index in [9.17, 15) is 14.3 Å². The van der Waals surface area contributed by atoms with E-state index < -0.39 is 5.60 Å². The molecule has 2 aliphatic heterocycles. The van der Waals surface area contributed by atoms with E-state index in [1.54, 1.807) is 17.0 Å². The number of hydrogen-bond acceptors (Lipinski definition) is 5. The number of halogens is 1. The summed E-state index contributed by atoms with van der Waals surface area (Å²) in [5.74, 6) is 0.361. The first-order valence-corrected chi connectivity index (χ1v) is 10.1. The Bertz CT molecular complexity index is 678. The Balaban J connectivity index is 1.63. The number of carbonyl (C=O) groups is 1. The minimum atomic E-state index is -1.42. The Labute approximate surface area is 165 Å². The zero-order chi connectivity index (χ0) is 20.1. The normalized spacial score (nSPS) is 24.6. The standard InChI is InChI=1S/C21H31FN2O4/c1-28-18-3-4-19(22)17(13-18)14-24-9-2-8-21(27,20(24)26)15-23-10-5-16(6-11-23)7-12-25/h3-4,13,16,25,27H,2,5-12,14-15H2,1H3/t21-/m1/s1. The topological polar surface area (TPSA) is 73.2 Å². The Kier molecular flexibility index (Phi) is 6.91. The van der Waals surface area contributed by atoms with Crippen molar-refractivity contribution in [2.45, 2.75) is 44.2 Å². The summed E-state index contributed by atoms with van der Waals surface area (Å²) in [5.41, 5.74) is -1.03. The van der Waals surface area contributed by atoms with Crippen LogP contribution in [0.3, 0.4) is 0 Å². The molecule has 0 bridgehead atoms. The van der Waals surface area contributed by atoms with Crippen molar-refractivity contribution >= 4 is 5.91 Å². The number of carbonyl (C=O) groups excluding carboxylic acids is 1. The van der Waals surface area contributed by atoms with Crippen molar-refractivity contribution in [1.82, 2.24) is 9.80 Å². The molecule has 2 heterocycles. The van der Waals surface area contributed by atoms with Crippen molar-refractivity contribution in [3.63, 3.8) is 0 Å². The van der Waals surface area contributed by atoms with Gasteiger partial charge in [0.2, 0.25) is 0 Å². The number of likely N-dealkylation sites (tertiary alicyclic amines) is 2. The monoisotopic (exact) mass is 394 g/mol. The van der Waals surface area contributed by atoms with Crippen LogP contribution in [0.25, 0.3) is 0 Å². The molecule has 7 heteroatoms. The van der Waals surface area contributed by atoms with Crippen LogP contribution >= 0.6 is 0 Å². The number of piperidine rings is 2. The fourth-order valence-electron chi connectivity index (χ4n) is 4.35. The van der Waals surface area contributed by atoms with Gasteiger partial charge in [-0.2, -0.15) is 0 Å². The summed E-state index contributed by atoms with van der Waals surface area (Å²) >= 11 is 0. The van der Waals surface area contributed by atoms with Crippen LogP contribution in [0.1, 0.15) is 37.7 Å². The molecule has 6 nitrogen and oxygen atoms in total. The van der Waals surface area contributed by atoms with Gasteiger partial charge in [-0.3, -0.25) is 9.69 Å². The molecule has 1 aromatic rings. The molecule has 2 fully saturated rings. The maximum Gasteiger partial charge on any atom is 0.256 e. The highest BCUT2D eigenvalue weighted by Crippen LogP contribution is 2.29. The first-order valence-electron chi connectivity index (χ1n) is 10.1. The van der Waals surface area contributed by atoms with E-state index in [2.05, 4.69) is 4.90 Å². The number of benzene rings is 1. The number of rotatable bonds is 7. The first kappa shape index (κ1) is 21.0. The molecule has 2 aliphatic rings. The van der Waals surface area contributed by atoms with Crippen LogP contribution in [-0.4, -0.2) is 71.4 Å². The van der Waals surface area contributed by atoms with Crippen LogP contribution in [0.4, 0.5) is 4.39 Å². The predicted molar refractivity (Wildman–Crippen MR) is 103 cm³/mol. The largest absolute Gasteiger partial charge is 0.497 e. The van der Waals surface area contributed by atoms with Gasteiger partial charge in [-0.25, -0.2) is 4.39 Å². The van der Waals surface area contributed by atoms with Gasteiger partial charge in [0, 0.05) is 31.8 Å². The van der Waals surface area contributed by atoms with E-state index in [0.29, 0.717) is 43.2 Å². The number of aliphatic hydroxyl groups excluding tert-OH is 1. The molecule has 2 N–H and O–H groups in total. The van der Waals surface area contributed by atoms with Gasteiger partial charge in [-0.1, -0.05) is 0 Å². The van der Waals surface area contributed by atoms with Crippen molar-refractivity contribution in [1.29, 1.82) is 0 Å². The minimum absolute atomic E-state index is 0.128. The number of aliphatic hydroxyl groups is 2. The average molecular weight is 394 g/mol. The van der Waals surface area contributed by atoms with Crippen molar-refractivity contribution in [2.24, 2.45) is 5.92 Å². The number of methoxy groups -OCH3 is 1. The highest BCUT2D eigenvalue weighted by atomic mass is 19.1. The highest BCUT2D eigenvalue weighted by molar-refractivity contribution is 5.86. The molecule has 3 rings (SSSR count). The first-order chi connectivity index (χ1) is 13.4. The quantitative estimate of drug-likeness (QED) is 0.738. The molecule has 2 saturated heterocycles. The van der Waals surface area contributed by atoms with E-state index in [4.69, 9.17) is 9.84 Å². The molecule has 1 atom stereocenters. The van der Waals surface area contributed by atoms with Gasteiger partial charge in [-0.05, 0) is 69.3 Å². The van der Waals surface area contributed by atoms with Crippen molar-refractivity contribution in [3.8, 4) is 5.75 Å². The zero-order valence-corrected chi connectivity index (χ0v) is 16.6. The summed E-state index contributed by atoms with van der Waals surface area (Å²) in [4.78, 5) is 16.7. The van der Waals surface area contributed by atoms with E-state index >= 15 is 0 Å². The van der Waals surface area contributed by atoms with Crippen LogP contribution in [0, 0.1) is 11.7 Å². The minimum Gasteiger partial charge on any atom is -0.497 e. The number of β-amino-alcohol motifs (C(OH)–C–C–N with tert-alkyl or cyclic N) is 1. The molecule has 0 saturated carbocycles. The van der Waals surface area contributed by atoms with E-state index in [1.807, 2.05) is 0 Å². The number of ether oxygens (including phenoxy) is 1. The maximum atomic E-state index is 14.2. The Morgan fingerprint density at radius 1 is 1.29 bits per heavy atom. The average Bonchev–Trinajstić information content (AvgIpc) is 2.69. The lowest BCUT2D eigenvalue weighted by molar-refractivity contribution is -0.160. The lowest BCUT2D eigenvalue weighted by Crippen LogP contribution is -2.59. The Morgan fingerprint density at radius 3 is 2.71 bits per heavy atom. The third kappa shape index (κ3) is 4.82. The Morgan fingerprint density at radius 2 is 2.04 bits per heavy atom. The fourth-order valence-corrected chi connectivity index (χ4v) is 4.35. The van der Waals surface area contributed by atoms with Crippen LogP contribution in [-0.2, 0) is 11.3 Å². The molecule has 0 spiro atoms. The van der Waals surface area contributed by atoms with Gasteiger partial charge in [0.1, 0.15) is 11.6 Å². The molecular weight excluding hydrogens is 363 g/mol. The van der Waals surface area contributed by atoms with Crippen molar-refractivity contribution in [3.05, 3.63) is 29.6 Å². The van der Waals surface area contributed by atoms with Gasteiger partial charge in [0.15, 0.2) is 5.60 Å². The predicted octanol–water partition coefficient (Wildman–Crippen LogP) is 1.78. The molecule has 0 aromatic heterocycles. The molecule has 0 radical (unpaired) electrons. The second-order valence-corrected chi connectivity index (χ2v) is 8.05. The van der Waals surface area contributed by atoms with Crippen LogP contribution in [0.5, 0.6) is 5.75 Å². The van der Waals surface area contributed by atoms with Crippen LogP contribution in [0.15, 0.2) is 18.2 Å². The summed E-state index contributed by atoms with van der Waals surface area (Å²) in [6, 6.07) is 4.49. The summed E-state index contributed by atoms with van der Waals surface area (Å²) in [5, 5.41) is 20.2. The van der Waals surface area contributed by atoms with E-state index in [-0.39, 0.29) is 24.9 Å². The lowest BCUT2D eigenvalue weighted by Gasteiger charge is -2.42. The van der Waals surface area contributed by atoms with Gasteiger partial charge >= 0.3 is 0 Å². The van der Waals surface area contributed by atoms with E-state index in [1.165, 1.54) is 13.2 Å². The highest BCUT2D eigenvalue weighted by Gasteiger charge is 2.43. The molecule has 0 aliphatic carbocycles. The van der Waals surface area contributed by atoms with Gasteiger partial charge in [0.25, 0.3) is 5.91 Å². The molecule has 0 unspecified atom stereocenters. The van der Waals surface area contributed by atoms with Gasteiger partial charge in [-0.15, -0.1) is 0 Å².